The van der Waals surface area contributed by atoms with Crippen LogP contribution in [0.2, 0.25) is 5.02 Å². The zero-order chi connectivity index (χ0) is 18.5. The summed E-state index contributed by atoms with van der Waals surface area (Å²) in [6.07, 6.45) is 0. The third-order valence-corrected chi connectivity index (χ3v) is 5.70. The number of H-pyrrole nitrogens is 1. The van der Waals surface area contributed by atoms with Gasteiger partial charge in [0.1, 0.15) is 17.4 Å². The fourth-order valence-electron chi connectivity index (χ4n) is 2.31. The fourth-order valence-corrected chi connectivity index (χ4v) is 4.08. The average molecular weight is 415 g/mol. The van der Waals surface area contributed by atoms with E-state index in [-0.39, 0.29) is 0 Å². The second-order valence-corrected chi connectivity index (χ2v) is 7.84. The Hall–Kier alpha value is -2.35. The van der Waals surface area contributed by atoms with E-state index in [1.807, 2.05) is 30.3 Å². The molecule has 5 nitrogen and oxygen atoms in total. The van der Waals surface area contributed by atoms with Crippen LogP contribution >= 0.6 is 34.7 Å². The minimum atomic E-state index is 0.323. The lowest BCUT2D eigenvalue weighted by Gasteiger charge is -2.03. The van der Waals surface area contributed by atoms with Crippen molar-refractivity contribution in [3.8, 4) is 16.3 Å². The van der Waals surface area contributed by atoms with Crippen LogP contribution < -0.4 is 4.74 Å². The molecule has 0 saturated heterocycles. The first-order chi connectivity index (χ1) is 13.3. The van der Waals surface area contributed by atoms with Crippen LogP contribution in [0.25, 0.3) is 10.6 Å². The molecule has 2 aromatic carbocycles. The molecule has 0 unspecified atom stereocenters. The van der Waals surface area contributed by atoms with Gasteiger partial charge in [-0.3, -0.25) is 5.10 Å². The first kappa shape index (κ1) is 18.0. The van der Waals surface area contributed by atoms with E-state index in [4.69, 9.17) is 16.3 Å². The van der Waals surface area contributed by atoms with Gasteiger partial charge < -0.3 is 4.74 Å². The molecule has 0 bridgehead atoms. The van der Waals surface area contributed by atoms with E-state index < -0.39 is 0 Å². The van der Waals surface area contributed by atoms with E-state index in [2.05, 4.69) is 37.7 Å². The second kappa shape index (κ2) is 8.56. The zero-order valence-corrected chi connectivity index (χ0v) is 16.5. The fraction of sp³-hybridized carbons (Fsp3) is 0.105. The van der Waals surface area contributed by atoms with Gasteiger partial charge in [-0.1, -0.05) is 53.7 Å². The number of aromatic amines is 1. The Morgan fingerprint density at radius 1 is 1.04 bits per heavy atom. The Balaban J connectivity index is 1.31. The summed E-state index contributed by atoms with van der Waals surface area (Å²) in [7, 11) is 0. The molecule has 0 saturated carbocycles. The van der Waals surface area contributed by atoms with Gasteiger partial charge in [-0.2, -0.15) is 0 Å². The number of aromatic nitrogens is 4. The Labute approximate surface area is 169 Å². The first-order valence-corrected chi connectivity index (χ1v) is 10.4. The lowest BCUT2D eigenvalue weighted by molar-refractivity contribution is 0.296. The molecule has 2 aromatic heterocycles. The third-order valence-electron chi connectivity index (χ3n) is 3.62. The molecule has 0 aliphatic carbocycles. The molecule has 4 aromatic rings. The van der Waals surface area contributed by atoms with Crippen LogP contribution in [-0.2, 0) is 12.4 Å². The normalized spacial score (nSPS) is 10.9. The summed E-state index contributed by atoms with van der Waals surface area (Å²) < 4.78 is 5.66. The molecule has 27 heavy (non-hydrogen) atoms. The molecular formula is C19H15ClN4OS2. The van der Waals surface area contributed by atoms with Gasteiger partial charge in [-0.15, -0.1) is 16.4 Å². The maximum Gasteiger partial charge on any atom is 0.208 e. The minimum Gasteiger partial charge on any atom is -0.486 e. The van der Waals surface area contributed by atoms with Crippen molar-refractivity contribution in [3.63, 3.8) is 0 Å². The van der Waals surface area contributed by atoms with E-state index in [0.717, 1.165) is 27.8 Å². The van der Waals surface area contributed by atoms with Crippen molar-refractivity contribution in [2.45, 2.75) is 17.5 Å². The topological polar surface area (TPSA) is 63.7 Å². The highest BCUT2D eigenvalue weighted by Gasteiger charge is 2.08. The highest BCUT2D eigenvalue weighted by Crippen LogP contribution is 2.26. The predicted molar refractivity (Wildman–Crippen MR) is 109 cm³/mol. The maximum atomic E-state index is 5.86. The van der Waals surface area contributed by atoms with Gasteiger partial charge in [-0.05, 0) is 24.3 Å². The van der Waals surface area contributed by atoms with Crippen LogP contribution in [-0.4, -0.2) is 20.2 Å². The first-order valence-electron chi connectivity index (χ1n) is 8.18. The summed E-state index contributed by atoms with van der Waals surface area (Å²) in [4.78, 5) is 9.13. The monoisotopic (exact) mass is 414 g/mol. The molecule has 0 aliphatic heterocycles. The zero-order valence-electron chi connectivity index (χ0n) is 14.1. The largest absolute Gasteiger partial charge is 0.486 e. The number of thiazole rings is 1. The second-order valence-electron chi connectivity index (χ2n) is 5.61. The van der Waals surface area contributed by atoms with Gasteiger partial charge in [0.15, 0.2) is 5.82 Å². The Bertz CT molecular complexity index is 1000. The number of rotatable bonds is 7. The molecule has 2 heterocycles. The lowest BCUT2D eigenvalue weighted by atomic mass is 10.2. The molecule has 0 radical (unpaired) electrons. The number of halogens is 1. The van der Waals surface area contributed by atoms with Gasteiger partial charge in [-0.25, -0.2) is 9.97 Å². The van der Waals surface area contributed by atoms with Crippen LogP contribution in [0.1, 0.15) is 11.5 Å². The van der Waals surface area contributed by atoms with E-state index in [0.29, 0.717) is 22.6 Å². The van der Waals surface area contributed by atoms with Crippen LogP contribution in [0.4, 0.5) is 0 Å². The number of hydrogen-bond donors (Lipinski definition) is 1. The minimum absolute atomic E-state index is 0.323. The van der Waals surface area contributed by atoms with Crippen molar-refractivity contribution >= 4 is 34.7 Å². The van der Waals surface area contributed by atoms with E-state index in [9.17, 15) is 0 Å². The Kier molecular flexibility index (Phi) is 5.72. The summed E-state index contributed by atoms with van der Waals surface area (Å²) in [6, 6.07) is 17.4. The highest BCUT2D eigenvalue weighted by atomic mass is 35.5. The third kappa shape index (κ3) is 4.88. The average Bonchev–Trinajstić information content (AvgIpc) is 3.36. The molecule has 0 spiro atoms. The Morgan fingerprint density at radius 3 is 2.67 bits per heavy atom. The standard InChI is InChI=1S/C19H15ClN4OS2/c20-14-6-8-16(9-7-14)25-10-17-22-19(24-23-17)27-12-15-11-26-18(21-15)13-4-2-1-3-5-13/h1-9,11H,10,12H2,(H,22,23,24). The van der Waals surface area contributed by atoms with Crippen LogP contribution in [0.3, 0.4) is 0 Å². The van der Waals surface area contributed by atoms with Crippen molar-refractivity contribution in [2.75, 3.05) is 0 Å². The SMILES string of the molecule is Clc1ccc(OCc2nc(SCc3csc(-c4ccccc4)n3)n[nH]2)cc1. The quantitative estimate of drug-likeness (QED) is 0.407. The number of ether oxygens (including phenoxy) is 1. The number of nitrogens with zero attached hydrogens (tertiary/aromatic N) is 3. The van der Waals surface area contributed by atoms with Crippen molar-refractivity contribution in [3.05, 3.63) is 76.5 Å². The van der Waals surface area contributed by atoms with Crippen molar-refractivity contribution in [2.24, 2.45) is 0 Å². The number of hydrogen-bond acceptors (Lipinski definition) is 6. The summed E-state index contributed by atoms with van der Waals surface area (Å²) in [6.45, 7) is 0.323. The van der Waals surface area contributed by atoms with E-state index >= 15 is 0 Å². The maximum absolute atomic E-state index is 5.86. The summed E-state index contributed by atoms with van der Waals surface area (Å²) >= 11 is 9.05. The number of nitrogens with one attached hydrogen (secondary N) is 1. The van der Waals surface area contributed by atoms with Gasteiger partial charge in [0, 0.05) is 21.7 Å². The molecule has 136 valence electrons. The van der Waals surface area contributed by atoms with Crippen LogP contribution in [0, 0.1) is 0 Å². The van der Waals surface area contributed by atoms with Crippen molar-refractivity contribution < 1.29 is 4.74 Å². The smallest absolute Gasteiger partial charge is 0.208 e. The predicted octanol–water partition coefficient (Wildman–Crippen LogP) is 5.45. The number of benzene rings is 2. The van der Waals surface area contributed by atoms with Crippen molar-refractivity contribution in [1.82, 2.24) is 20.2 Å². The molecule has 0 amide bonds. The lowest BCUT2D eigenvalue weighted by Crippen LogP contribution is -1.97. The molecule has 1 N–H and O–H groups in total. The summed E-state index contributed by atoms with van der Waals surface area (Å²) in [5, 5.41) is 11.6. The van der Waals surface area contributed by atoms with Crippen molar-refractivity contribution in [1.29, 1.82) is 0 Å². The van der Waals surface area contributed by atoms with Gasteiger partial charge in [0.05, 0.1) is 5.69 Å². The van der Waals surface area contributed by atoms with E-state index in [1.165, 1.54) is 0 Å². The molecule has 0 atom stereocenters. The van der Waals surface area contributed by atoms with Gasteiger partial charge in [0.25, 0.3) is 0 Å². The molecule has 0 aliphatic rings. The summed E-state index contributed by atoms with van der Waals surface area (Å²) in [5.74, 6) is 2.13. The van der Waals surface area contributed by atoms with Crippen LogP contribution in [0.5, 0.6) is 5.75 Å². The molecular weight excluding hydrogens is 400 g/mol. The van der Waals surface area contributed by atoms with E-state index in [1.54, 1.807) is 35.2 Å². The molecule has 8 heteroatoms. The van der Waals surface area contributed by atoms with Gasteiger partial charge in [0.2, 0.25) is 5.16 Å². The summed E-state index contributed by atoms with van der Waals surface area (Å²) in [5.41, 5.74) is 2.16. The number of thioether (sulfide) groups is 1. The Morgan fingerprint density at radius 2 is 1.85 bits per heavy atom. The van der Waals surface area contributed by atoms with Crippen LogP contribution in [0.15, 0.2) is 65.1 Å². The van der Waals surface area contributed by atoms with Gasteiger partial charge >= 0.3 is 0 Å². The molecule has 4 rings (SSSR count). The highest BCUT2D eigenvalue weighted by molar-refractivity contribution is 7.98. The molecule has 0 fully saturated rings.